The van der Waals surface area contributed by atoms with E-state index in [1.165, 1.54) is 7.11 Å². The lowest BCUT2D eigenvalue weighted by molar-refractivity contribution is -0.146. The number of rotatable bonds is 6. The van der Waals surface area contributed by atoms with Gasteiger partial charge in [-0.15, -0.1) is 0 Å². The molecule has 128 valence electrons. The van der Waals surface area contributed by atoms with Crippen molar-refractivity contribution in [1.29, 1.82) is 0 Å². The number of hydrogen-bond donors (Lipinski definition) is 1. The Balaban J connectivity index is 1.66. The van der Waals surface area contributed by atoms with Crippen molar-refractivity contribution in [3.05, 3.63) is 54.1 Å². The Morgan fingerprint density at radius 2 is 1.83 bits per heavy atom. The molecule has 1 aliphatic rings. The van der Waals surface area contributed by atoms with E-state index in [1.54, 1.807) is 12.2 Å². The van der Waals surface area contributed by atoms with Crippen molar-refractivity contribution in [1.82, 2.24) is 5.32 Å². The molecule has 1 aromatic carbocycles. The van der Waals surface area contributed by atoms with Crippen molar-refractivity contribution in [2.75, 3.05) is 13.7 Å². The predicted octanol–water partition coefficient (Wildman–Crippen LogP) is 3.35. The smallest absolute Gasteiger partial charge is 0.308 e. The fraction of sp³-hybridized carbons (Fsp3) is 0.400. The SMILES string of the molecule is COC(=O)C1CCC(CNC(=O)C=CC=Cc2ccccc2)CC1. The highest BCUT2D eigenvalue weighted by Gasteiger charge is 2.26. The highest BCUT2D eigenvalue weighted by molar-refractivity contribution is 5.87. The van der Waals surface area contributed by atoms with E-state index in [-0.39, 0.29) is 17.8 Å². The zero-order chi connectivity index (χ0) is 17.2. The molecule has 1 amide bonds. The standard InChI is InChI=1S/C20H25NO3/c1-24-20(23)18-13-11-17(12-14-18)15-21-19(22)10-6-5-9-16-7-3-2-4-8-16/h2-10,17-18H,11-15H2,1H3,(H,21,22). The molecule has 24 heavy (non-hydrogen) atoms. The molecule has 4 nitrogen and oxygen atoms in total. The lowest BCUT2D eigenvalue weighted by atomic mass is 9.82. The number of amides is 1. The molecule has 1 fully saturated rings. The van der Waals surface area contributed by atoms with Crippen LogP contribution in [0, 0.1) is 11.8 Å². The zero-order valence-electron chi connectivity index (χ0n) is 14.1. The molecule has 0 radical (unpaired) electrons. The van der Waals surface area contributed by atoms with Crippen LogP contribution in [0.4, 0.5) is 0 Å². The van der Waals surface area contributed by atoms with E-state index in [4.69, 9.17) is 4.74 Å². The maximum Gasteiger partial charge on any atom is 0.308 e. The Morgan fingerprint density at radius 3 is 2.50 bits per heavy atom. The number of nitrogens with one attached hydrogen (secondary N) is 1. The summed E-state index contributed by atoms with van der Waals surface area (Å²) in [5, 5.41) is 2.93. The number of esters is 1. The summed E-state index contributed by atoms with van der Waals surface area (Å²) in [6.45, 7) is 0.666. The van der Waals surface area contributed by atoms with Crippen LogP contribution in [0.1, 0.15) is 31.2 Å². The van der Waals surface area contributed by atoms with Gasteiger partial charge in [-0.25, -0.2) is 0 Å². The van der Waals surface area contributed by atoms with Crippen molar-refractivity contribution in [2.45, 2.75) is 25.7 Å². The van der Waals surface area contributed by atoms with Crippen LogP contribution in [0.3, 0.4) is 0 Å². The normalized spacial score (nSPS) is 21.0. The average molecular weight is 327 g/mol. The molecular weight excluding hydrogens is 302 g/mol. The van der Waals surface area contributed by atoms with E-state index >= 15 is 0 Å². The predicted molar refractivity (Wildman–Crippen MR) is 95.1 cm³/mol. The monoisotopic (exact) mass is 327 g/mol. The molecule has 1 saturated carbocycles. The van der Waals surface area contributed by atoms with Crippen molar-refractivity contribution in [3.8, 4) is 0 Å². The van der Waals surface area contributed by atoms with Gasteiger partial charge in [0.1, 0.15) is 0 Å². The molecule has 1 N–H and O–H groups in total. The maximum atomic E-state index is 11.8. The maximum absolute atomic E-state index is 11.8. The molecule has 2 rings (SSSR count). The Kier molecular flexibility index (Phi) is 7.27. The summed E-state index contributed by atoms with van der Waals surface area (Å²) in [7, 11) is 1.44. The Labute approximate surface area is 143 Å². The Bertz CT molecular complexity index is 584. The minimum Gasteiger partial charge on any atom is -0.469 e. The molecular formula is C20H25NO3. The Morgan fingerprint density at radius 1 is 1.12 bits per heavy atom. The molecule has 4 heteroatoms. The van der Waals surface area contributed by atoms with Gasteiger partial charge >= 0.3 is 5.97 Å². The lowest BCUT2D eigenvalue weighted by Crippen LogP contribution is -2.31. The van der Waals surface area contributed by atoms with Gasteiger partial charge < -0.3 is 10.1 Å². The summed E-state index contributed by atoms with van der Waals surface area (Å²) < 4.78 is 4.79. The van der Waals surface area contributed by atoms with E-state index in [9.17, 15) is 9.59 Å². The molecule has 0 atom stereocenters. The molecule has 1 aliphatic carbocycles. The number of ether oxygens (including phenoxy) is 1. The van der Waals surface area contributed by atoms with Crippen molar-refractivity contribution >= 4 is 18.0 Å². The number of carbonyl (C=O) groups is 2. The molecule has 0 aliphatic heterocycles. The highest BCUT2D eigenvalue weighted by atomic mass is 16.5. The topological polar surface area (TPSA) is 55.4 Å². The second-order valence-electron chi connectivity index (χ2n) is 6.11. The fourth-order valence-electron chi connectivity index (χ4n) is 2.95. The number of benzene rings is 1. The van der Waals surface area contributed by atoms with Gasteiger partial charge in [-0.05, 0) is 37.2 Å². The van der Waals surface area contributed by atoms with Gasteiger partial charge in [0.15, 0.2) is 0 Å². The summed E-state index contributed by atoms with van der Waals surface area (Å²) in [6, 6.07) is 9.94. The van der Waals surface area contributed by atoms with Crippen molar-refractivity contribution < 1.29 is 14.3 Å². The molecule has 0 saturated heterocycles. The summed E-state index contributed by atoms with van der Waals surface area (Å²) >= 11 is 0. The third-order valence-electron chi connectivity index (χ3n) is 4.39. The average Bonchev–Trinajstić information content (AvgIpc) is 2.64. The quantitative estimate of drug-likeness (QED) is 0.495. The van der Waals surface area contributed by atoms with Crippen LogP contribution in [0.2, 0.25) is 0 Å². The first-order valence-electron chi connectivity index (χ1n) is 8.44. The third-order valence-corrected chi connectivity index (χ3v) is 4.39. The molecule has 1 aromatic rings. The summed E-state index contributed by atoms with van der Waals surface area (Å²) in [4.78, 5) is 23.3. The van der Waals surface area contributed by atoms with Crippen LogP contribution in [0.5, 0.6) is 0 Å². The first-order chi connectivity index (χ1) is 11.7. The summed E-state index contributed by atoms with van der Waals surface area (Å²) in [6.07, 6.45) is 10.7. The third kappa shape index (κ3) is 6.03. The fourth-order valence-corrected chi connectivity index (χ4v) is 2.95. The number of allylic oxidation sites excluding steroid dienone is 2. The van der Waals surface area contributed by atoms with Gasteiger partial charge in [-0.2, -0.15) is 0 Å². The molecule has 0 heterocycles. The van der Waals surface area contributed by atoms with E-state index in [2.05, 4.69) is 5.32 Å². The van der Waals surface area contributed by atoms with Gasteiger partial charge in [-0.3, -0.25) is 9.59 Å². The van der Waals surface area contributed by atoms with Gasteiger partial charge in [0.05, 0.1) is 13.0 Å². The molecule has 0 bridgehead atoms. The first kappa shape index (κ1) is 18.0. The largest absolute Gasteiger partial charge is 0.469 e. The second kappa shape index (κ2) is 9.71. The minimum absolute atomic E-state index is 0.0324. The summed E-state index contributed by atoms with van der Waals surface area (Å²) in [5.74, 6) is 0.293. The van der Waals surface area contributed by atoms with E-state index < -0.39 is 0 Å². The van der Waals surface area contributed by atoms with Gasteiger partial charge in [0.25, 0.3) is 0 Å². The number of carbonyl (C=O) groups excluding carboxylic acids is 2. The van der Waals surface area contributed by atoms with Crippen molar-refractivity contribution in [2.24, 2.45) is 11.8 Å². The highest BCUT2D eigenvalue weighted by Crippen LogP contribution is 2.29. The van der Waals surface area contributed by atoms with Crippen LogP contribution < -0.4 is 5.32 Å². The molecule has 0 unspecified atom stereocenters. The van der Waals surface area contributed by atoms with Crippen LogP contribution in [-0.4, -0.2) is 25.5 Å². The Hall–Kier alpha value is -2.36. The second-order valence-corrected chi connectivity index (χ2v) is 6.11. The van der Waals surface area contributed by atoms with Crippen LogP contribution in [-0.2, 0) is 14.3 Å². The summed E-state index contributed by atoms with van der Waals surface area (Å²) in [5.41, 5.74) is 1.10. The number of hydrogen-bond acceptors (Lipinski definition) is 3. The van der Waals surface area contributed by atoms with Gasteiger partial charge in [0.2, 0.25) is 5.91 Å². The van der Waals surface area contributed by atoms with Crippen LogP contribution in [0.25, 0.3) is 6.08 Å². The van der Waals surface area contributed by atoms with Crippen LogP contribution in [0.15, 0.2) is 48.6 Å². The zero-order valence-corrected chi connectivity index (χ0v) is 14.1. The molecule has 0 aromatic heterocycles. The lowest BCUT2D eigenvalue weighted by Gasteiger charge is -2.26. The van der Waals surface area contributed by atoms with E-state index in [0.717, 1.165) is 31.2 Å². The van der Waals surface area contributed by atoms with Crippen LogP contribution >= 0.6 is 0 Å². The van der Waals surface area contributed by atoms with Gasteiger partial charge in [-0.1, -0.05) is 48.6 Å². The van der Waals surface area contributed by atoms with E-state index in [1.807, 2.05) is 42.5 Å². The van der Waals surface area contributed by atoms with Crippen molar-refractivity contribution in [3.63, 3.8) is 0 Å². The van der Waals surface area contributed by atoms with E-state index in [0.29, 0.717) is 12.5 Å². The first-order valence-corrected chi connectivity index (χ1v) is 8.44. The minimum atomic E-state index is -0.106. The number of methoxy groups -OCH3 is 1. The molecule has 0 spiro atoms. The van der Waals surface area contributed by atoms with Gasteiger partial charge in [0, 0.05) is 12.6 Å².